The van der Waals surface area contributed by atoms with Crippen molar-refractivity contribution in [2.45, 2.75) is 13.8 Å². The van der Waals surface area contributed by atoms with E-state index in [1.165, 1.54) is 0 Å². The molecule has 0 aliphatic heterocycles. The molecular weight excluding hydrogens is 302 g/mol. The fourth-order valence-corrected chi connectivity index (χ4v) is 2.51. The number of hydrogen-bond acceptors (Lipinski definition) is 4. The number of fused-ring (bicyclic) bond motifs is 1. The van der Waals surface area contributed by atoms with Crippen molar-refractivity contribution in [3.05, 3.63) is 77.0 Å². The molecule has 3 aromatic rings. The van der Waals surface area contributed by atoms with Crippen LogP contribution in [0.4, 0.5) is 0 Å². The summed E-state index contributed by atoms with van der Waals surface area (Å²) in [6, 6.07) is 16.2. The van der Waals surface area contributed by atoms with Crippen LogP contribution < -0.4 is 0 Å². The van der Waals surface area contributed by atoms with Crippen LogP contribution in [0.15, 0.2) is 54.6 Å². The summed E-state index contributed by atoms with van der Waals surface area (Å²) >= 11 is 0. The summed E-state index contributed by atoms with van der Waals surface area (Å²) in [4.78, 5) is 28.9. The van der Waals surface area contributed by atoms with Gasteiger partial charge in [0.25, 0.3) is 0 Å². The second kappa shape index (κ2) is 6.62. The largest absolute Gasteiger partial charge is 0.454 e. The maximum absolute atomic E-state index is 12.4. The maximum Gasteiger partial charge on any atom is 0.339 e. The lowest BCUT2D eigenvalue weighted by atomic mass is 10.1. The van der Waals surface area contributed by atoms with Gasteiger partial charge in [0.2, 0.25) is 0 Å². The Morgan fingerprint density at radius 2 is 1.71 bits per heavy atom. The zero-order valence-electron chi connectivity index (χ0n) is 13.6. The summed E-state index contributed by atoms with van der Waals surface area (Å²) in [6.45, 7) is 3.49. The van der Waals surface area contributed by atoms with Crippen molar-refractivity contribution in [1.29, 1.82) is 0 Å². The van der Waals surface area contributed by atoms with Gasteiger partial charge >= 0.3 is 5.97 Å². The van der Waals surface area contributed by atoms with Crippen molar-refractivity contribution < 1.29 is 14.3 Å². The van der Waals surface area contributed by atoms with Crippen LogP contribution in [0.25, 0.3) is 10.9 Å². The topological polar surface area (TPSA) is 56.3 Å². The molecule has 0 aliphatic rings. The molecule has 0 N–H and O–H groups in total. The highest BCUT2D eigenvalue weighted by atomic mass is 16.5. The van der Waals surface area contributed by atoms with Gasteiger partial charge < -0.3 is 4.74 Å². The van der Waals surface area contributed by atoms with Gasteiger partial charge in [-0.2, -0.15) is 0 Å². The van der Waals surface area contributed by atoms with Crippen LogP contribution in [-0.2, 0) is 4.74 Å². The van der Waals surface area contributed by atoms with Gasteiger partial charge in [0.05, 0.1) is 11.1 Å². The van der Waals surface area contributed by atoms with Crippen LogP contribution >= 0.6 is 0 Å². The van der Waals surface area contributed by atoms with Crippen LogP contribution in [0.2, 0.25) is 0 Å². The summed E-state index contributed by atoms with van der Waals surface area (Å²) in [5, 5.41) is 0.718. The number of rotatable bonds is 4. The van der Waals surface area contributed by atoms with E-state index < -0.39 is 5.97 Å². The number of para-hydroxylation sites is 1. The van der Waals surface area contributed by atoms with Gasteiger partial charge in [-0.05, 0) is 26.0 Å². The standard InChI is InChI=1S/C20H17NO3/c1-13-7-9-15(10-8-13)19(22)12-24-20(23)17-11-14(2)21-18-6-4-3-5-16(17)18/h3-11H,12H2,1-2H3. The third-order valence-corrected chi connectivity index (χ3v) is 3.77. The SMILES string of the molecule is Cc1ccc(C(=O)COC(=O)c2cc(C)nc3ccccc23)cc1. The number of carbonyl (C=O) groups is 2. The Kier molecular flexibility index (Phi) is 4.38. The first kappa shape index (κ1) is 15.9. The number of carbonyl (C=O) groups excluding carboxylic acids is 2. The number of pyridine rings is 1. The first-order chi connectivity index (χ1) is 11.5. The predicted molar refractivity (Wildman–Crippen MR) is 92.3 cm³/mol. The van der Waals surface area contributed by atoms with E-state index in [9.17, 15) is 9.59 Å². The lowest BCUT2D eigenvalue weighted by Crippen LogP contribution is -2.15. The molecule has 24 heavy (non-hydrogen) atoms. The number of aryl methyl sites for hydroxylation is 2. The molecule has 0 radical (unpaired) electrons. The highest BCUT2D eigenvalue weighted by Crippen LogP contribution is 2.19. The number of Topliss-reactive ketones (excluding diaryl/α,β-unsaturated/α-hetero) is 1. The Balaban J connectivity index is 1.78. The Hall–Kier alpha value is -3.01. The van der Waals surface area contributed by atoms with Crippen molar-refractivity contribution in [2.24, 2.45) is 0 Å². The first-order valence-corrected chi connectivity index (χ1v) is 7.68. The smallest absolute Gasteiger partial charge is 0.339 e. The summed E-state index contributed by atoms with van der Waals surface area (Å²) in [5.41, 5.74) is 3.49. The second-order valence-electron chi connectivity index (χ2n) is 5.69. The Labute approximate surface area is 140 Å². The molecule has 0 amide bonds. The van der Waals surface area contributed by atoms with Gasteiger partial charge in [0, 0.05) is 16.6 Å². The third kappa shape index (κ3) is 3.33. The summed E-state index contributed by atoms with van der Waals surface area (Å²) in [7, 11) is 0. The molecule has 3 rings (SSSR count). The van der Waals surface area contributed by atoms with E-state index in [4.69, 9.17) is 4.74 Å². The van der Waals surface area contributed by atoms with E-state index in [1.54, 1.807) is 18.2 Å². The van der Waals surface area contributed by atoms with Gasteiger partial charge in [-0.25, -0.2) is 4.79 Å². The van der Waals surface area contributed by atoms with E-state index in [1.807, 2.05) is 50.2 Å². The fourth-order valence-electron chi connectivity index (χ4n) is 2.51. The molecule has 0 bridgehead atoms. The van der Waals surface area contributed by atoms with Crippen LogP contribution in [0.5, 0.6) is 0 Å². The molecule has 0 spiro atoms. The fraction of sp³-hybridized carbons (Fsp3) is 0.150. The van der Waals surface area contributed by atoms with Crippen molar-refractivity contribution in [3.63, 3.8) is 0 Å². The number of nitrogens with zero attached hydrogens (tertiary/aromatic N) is 1. The maximum atomic E-state index is 12.4. The number of hydrogen-bond donors (Lipinski definition) is 0. The molecule has 0 atom stereocenters. The molecule has 1 heterocycles. The molecule has 0 fully saturated rings. The normalized spacial score (nSPS) is 10.6. The molecule has 0 saturated heterocycles. The van der Waals surface area contributed by atoms with Crippen molar-refractivity contribution >= 4 is 22.7 Å². The summed E-state index contributed by atoms with van der Waals surface area (Å²) < 4.78 is 5.22. The number of esters is 1. The van der Waals surface area contributed by atoms with Crippen LogP contribution in [0, 0.1) is 13.8 Å². The van der Waals surface area contributed by atoms with Crippen LogP contribution in [0.3, 0.4) is 0 Å². The van der Waals surface area contributed by atoms with E-state index in [0.29, 0.717) is 11.1 Å². The molecule has 120 valence electrons. The van der Waals surface area contributed by atoms with Crippen LogP contribution in [-0.4, -0.2) is 23.3 Å². The predicted octanol–water partition coefficient (Wildman–Crippen LogP) is 3.89. The van der Waals surface area contributed by atoms with Crippen LogP contribution in [0.1, 0.15) is 32.0 Å². The van der Waals surface area contributed by atoms with Crippen molar-refractivity contribution in [1.82, 2.24) is 4.98 Å². The second-order valence-corrected chi connectivity index (χ2v) is 5.69. The van der Waals surface area contributed by atoms with Gasteiger partial charge in [0.1, 0.15) is 0 Å². The zero-order valence-corrected chi connectivity index (χ0v) is 13.6. The van der Waals surface area contributed by atoms with Gasteiger partial charge in [-0.1, -0.05) is 48.0 Å². The monoisotopic (exact) mass is 319 g/mol. The molecule has 0 saturated carbocycles. The molecular formula is C20H17NO3. The third-order valence-electron chi connectivity index (χ3n) is 3.77. The molecule has 4 heteroatoms. The molecule has 1 aromatic heterocycles. The van der Waals surface area contributed by atoms with E-state index >= 15 is 0 Å². The van der Waals surface area contributed by atoms with Gasteiger partial charge in [-0.3, -0.25) is 9.78 Å². The summed E-state index contributed by atoms with van der Waals surface area (Å²) in [5.74, 6) is -0.740. The molecule has 0 aliphatic carbocycles. The molecule has 2 aromatic carbocycles. The van der Waals surface area contributed by atoms with Crippen molar-refractivity contribution in [2.75, 3.05) is 6.61 Å². The molecule has 0 unspecified atom stereocenters. The van der Waals surface area contributed by atoms with Crippen molar-refractivity contribution in [3.8, 4) is 0 Å². The Bertz CT molecular complexity index is 914. The average Bonchev–Trinajstić information content (AvgIpc) is 2.59. The number of benzene rings is 2. The average molecular weight is 319 g/mol. The lowest BCUT2D eigenvalue weighted by molar-refractivity contribution is 0.0476. The zero-order chi connectivity index (χ0) is 17.1. The highest BCUT2D eigenvalue weighted by molar-refractivity contribution is 6.05. The first-order valence-electron chi connectivity index (χ1n) is 7.68. The molecule has 4 nitrogen and oxygen atoms in total. The minimum Gasteiger partial charge on any atom is -0.454 e. The van der Waals surface area contributed by atoms with Gasteiger partial charge in [0.15, 0.2) is 12.4 Å². The number of ether oxygens (including phenoxy) is 1. The number of ketones is 1. The minimum atomic E-state index is -0.517. The van der Waals surface area contributed by atoms with E-state index in [0.717, 1.165) is 22.2 Å². The lowest BCUT2D eigenvalue weighted by Gasteiger charge is -2.08. The highest BCUT2D eigenvalue weighted by Gasteiger charge is 2.15. The Morgan fingerprint density at radius 1 is 1.00 bits per heavy atom. The Morgan fingerprint density at radius 3 is 2.46 bits per heavy atom. The quantitative estimate of drug-likeness (QED) is 0.541. The van der Waals surface area contributed by atoms with E-state index in [-0.39, 0.29) is 12.4 Å². The van der Waals surface area contributed by atoms with Gasteiger partial charge in [-0.15, -0.1) is 0 Å². The minimum absolute atomic E-state index is 0.224. The number of aromatic nitrogens is 1. The summed E-state index contributed by atoms with van der Waals surface area (Å²) in [6.07, 6.45) is 0. The van der Waals surface area contributed by atoms with E-state index in [2.05, 4.69) is 4.98 Å².